The Bertz CT molecular complexity index is 542. The van der Waals surface area contributed by atoms with Gasteiger partial charge < -0.3 is 0 Å². The van der Waals surface area contributed by atoms with E-state index < -0.39 is 0 Å². The monoisotopic (exact) mass is 414 g/mol. The van der Waals surface area contributed by atoms with Gasteiger partial charge in [0.05, 0.1) is 22.8 Å². The molecule has 0 N–H and O–H groups in total. The molecule has 168 valence electrons. The topological polar surface area (TPSA) is 77.3 Å². The van der Waals surface area contributed by atoms with Gasteiger partial charge in [-0.3, -0.25) is 9.97 Å². The number of aromatic nitrogens is 6. The van der Waals surface area contributed by atoms with Crippen molar-refractivity contribution < 1.29 is 0 Å². The molecule has 3 aromatic rings. The summed E-state index contributed by atoms with van der Waals surface area (Å²) in [5, 5.41) is 7.66. The number of hydrogen-bond acceptors (Lipinski definition) is 6. The highest BCUT2D eigenvalue weighted by atomic mass is 15.1. The molecule has 30 heavy (non-hydrogen) atoms. The van der Waals surface area contributed by atoms with E-state index in [1.807, 2.05) is 108 Å². The normalized spacial score (nSPS) is 8.00. The van der Waals surface area contributed by atoms with Gasteiger partial charge in [0.25, 0.3) is 0 Å². The Balaban J connectivity index is -0.000000323. The Morgan fingerprint density at radius 2 is 0.767 bits per heavy atom. The van der Waals surface area contributed by atoms with E-state index in [2.05, 4.69) is 30.1 Å². The minimum Gasteiger partial charge on any atom is -0.258 e. The van der Waals surface area contributed by atoms with Crippen LogP contribution in [0.3, 0.4) is 0 Å². The Morgan fingerprint density at radius 3 is 1.00 bits per heavy atom. The average molecular weight is 415 g/mol. The third kappa shape index (κ3) is 20.0. The Hall–Kier alpha value is -2.76. The standard InChI is InChI=1S/3C6H8N2.3C2H6/c1-5-3-8-6(2)4-7-5;1-5-3-7-6(2)8-4-5;1-5-3-4-6(2)8-7-5;3*1-2/h3*3-4H,1-2H3;3*1-2H3. The third-order valence-corrected chi connectivity index (χ3v) is 2.75. The van der Waals surface area contributed by atoms with Gasteiger partial charge in [0.15, 0.2) is 0 Å². The lowest BCUT2D eigenvalue weighted by atomic mass is 10.4. The zero-order valence-electron chi connectivity index (χ0n) is 21.1. The van der Waals surface area contributed by atoms with Crippen molar-refractivity contribution in [3.05, 3.63) is 71.1 Å². The second kappa shape index (κ2) is 22.5. The summed E-state index contributed by atoms with van der Waals surface area (Å²) in [7, 11) is 0. The van der Waals surface area contributed by atoms with E-state index in [0.29, 0.717) is 0 Å². The first-order chi connectivity index (χ1) is 14.4. The number of aryl methyl sites for hydroxylation is 6. The molecular weight excluding hydrogens is 372 g/mol. The van der Waals surface area contributed by atoms with E-state index in [9.17, 15) is 0 Å². The minimum atomic E-state index is 0.829. The fourth-order valence-corrected chi connectivity index (χ4v) is 1.38. The molecule has 0 fully saturated rings. The summed E-state index contributed by atoms with van der Waals surface area (Å²) in [6.45, 7) is 23.5. The van der Waals surface area contributed by atoms with E-state index in [0.717, 1.165) is 34.2 Å². The van der Waals surface area contributed by atoms with E-state index in [-0.39, 0.29) is 0 Å². The highest BCUT2D eigenvalue weighted by molar-refractivity contribution is 5.02. The summed E-state index contributed by atoms with van der Waals surface area (Å²) >= 11 is 0. The first-order valence-corrected chi connectivity index (χ1v) is 10.6. The van der Waals surface area contributed by atoms with Gasteiger partial charge in [-0.05, 0) is 59.2 Å². The van der Waals surface area contributed by atoms with Crippen molar-refractivity contribution in [3.63, 3.8) is 0 Å². The molecule has 0 atom stereocenters. The Labute approximate surface area is 184 Å². The summed E-state index contributed by atoms with van der Waals surface area (Å²) in [5.74, 6) is 0.829. The molecular formula is C24H42N6. The summed E-state index contributed by atoms with van der Waals surface area (Å²) in [5.41, 5.74) is 4.98. The third-order valence-electron chi connectivity index (χ3n) is 2.75. The van der Waals surface area contributed by atoms with Crippen LogP contribution >= 0.6 is 0 Å². The van der Waals surface area contributed by atoms with Crippen LogP contribution < -0.4 is 0 Å². The molecule has 0 unspecified atom stereocenters. The van der Waals surface area contributed by atoms with E-state index in [4.69, 9.17) is 0 Å². The van der Waals surface area contributed by atoms with E-state index in [1.165, 1.54) is 0 Å². The van der Waals surface area contributed by atoms with E-state index >= 15 is 0 Å². The molecule has 0 radical (unpaired) electrons. The lowest BCUT2D eigenvalue weighted by Gasteiger charge is -1.88. The molecule has 0 aliphatic rings. The number of nitrogens with zero attached hydrogens (tertiary/aromatic N) is 6. The second-order valence-electron chi connectivity index (χ2n) is 5.42. The predicted molar refractivity (Wildman–Crippen MR) is 129 cm³/mol. The first kappa shape index (κ1) is 31.9. The van der Waals surface area contributed by atoms with Gasteiger partial charge in [0, 0.05) is 24.8 Å². The minimum absolute atomic E-state index is 0.829. The molecule has 3 rings (SSSR count). The fraction of sp³-hybridized carbons (Fsp3) is 0.500. The molecule has 3 heterocycles. The summed E-state index contributed by atoms with van der Waals surface area (Å²) < 4.78 is 0. The van der Waals surface area contributed by atoms with Crippen LogP contribution in [0.2, 0.25) is 0 Å². The maximum Gasteiger partial charge on any atom is 0.125 e. The van der Waals surface area contributed by atoms with Crippen LogP contribution in [0.1, 0.15) is 75.7 Å². The highest BCUT2D eigenvalue weighted by Gasteiger charge is 1.84. The van der Waals surface area contributed by atoms with Gasteiger partial charge in [-0.1, -0.05) is 41.5 Å². The van der Waals surface area contributed by atoms with Gasteiger partial charge in [0.2, 0.25) is 0 Å². The van der Waals surface area contributed by atoms with Gasteiger partial charge in [0.1, 0.15) is 5.82 Å². The molecule has 6 heteroatoms. The summed E-state index contributed by atoms with van der Waals surface area (Å²) in [4.78, 5) is 16.0. The van der Waals surface area contributed by atoms with Crippen molar-refractivity contribution in [2.75, 3.05) is 0 Å². The van der Waals surface area contributed by atoms with Crippen LogP contribution in [0.5, 0.6) is 0 Å². The summed E-state index contributed by atoms with van der Waals surface area (Å²) in [6.07, 6.45) is 7.13. The van der Waals surface area contributed by atoms with Crippen molar-refractivity contribution in [1.82, 2.24) is 30.1 Å². The lowest BCUT2D eigenvalue weighted by molar-refractivity contribution is 0.941. The zero-order chi connectivity index (χ0) is 23.9. The predicted octanol–water partition coefficient (Wildman–Crippen LogP) is 6.36. The van der Waals surface area contributed by atoms with Crippen molar-refractivity contribution in [3.8, 4) is 0 Å². The van der Waals surface area contributed by atoms with E-state index in [1.54, 1.807) is 12.4 Å². The SMILES string of the molecule is CC.CC.CC.Cc1ccc(C)nn1.Cc1cnc(C)cn1.Cc1cnc(C)nc1. The number of rotatable bonds is 0. The first-order valence-electron chi connectivity index (χ1n) is 10.6. The van der Waals surface area contributed by atoms with Gasteiger partial charge in [-0.15, -0.1) is 0 Å². The van der Waals surface area contributed by atoms with Crippen LogP contribution in [0.4, 0.5) is 0 Å². The van der Waals surface area contributed by atoms with Crippen molar-refractivity contribution >= 4 is 0 Å². The smallest absolute Gasteiger partial charge is 0.125 e. The average Bonchev–Trinajstić information content (AvgIpc) is 2.79. The van der Waals surface area contributed by atoms with Crippen molar-refractivity contribution in [1.29, 1.82) is 0 Å². The molecule has 0 aliphatic carbocycles. The molecule has 0 spiro atoms. The molecule has 0 aliphatic heterocycles. The van der Waals surface area contributed by atoms with Gasteiger partial charge in [-0.2, -0.15) is 10.2 Å². The maximum atomic E-state index is 4.02. The largest absolute Gasteiger partial charge is 0.258 e. The van der Waals surface area contributed by atoms with Crippen molar-refractivity contribution in [2.24, 2.45) is 0 Å². The molecule has 0 aromatic carbocycles. The lowest BCUT2D eigenvalue weighted by Crippen LogP contribution is -1.86. The van der Waals surface area contributed by atoms with Crippen LogP contribution in [-0.4, -0.2) is 30.1 Å². The maximum absolute atomic E-state index is 4.02. The van der Waals surface area contributed by atoms with Gasteiger partial charge in [-0.25, -0.2) is 9.97 Å². The molecule has 6 nitrogen and oxygen atoms in total. The fourth-order valence-electron chi connectivity index (χ4n) is 1.38. The Morgan fingerprint density at radius 1 is 0.433 bits per heavy atom. The van der Waals surface area contributed by atoms with Crippen LogP contribution in [0.25, 0.3) is 0 Å². The van der Waals surface area contributed by atoms with Crippen LogP contribution in [-0.2, 0) is 0 Å². The van der Waals surface area contributed by atoms with Gasteiger partial charge >= 0.3 is 0 Å². The van der Waals surface area contributed by atoms with Crippen LogP contribution in [0, 0.1) is 41.5 Å². The molecule has 0 amide bonds. The van der Waals surface area contributed by atoms with Crippen molar-refractivity contribution in [2.45, 2.75) is 83.1 Å². The zero-order valence-corrected chi connectivity index (χ0v) is 21.1. The molecule has 0 saturated heterocycles. The second-order valence-corrected chi connectivity index (χ2v) is 5.42. The molecule has 0 bridgehead atoms. The molecule has 3 aromatic heterocycles. The number of hydrogen-bond donors (Lipinski definition) is 0. The Kier molecular flexibility index (Phi) is 24.0. The molecule has 0 saturated carbocycles. The quantitative estimate of drug-likeness (QED) is 0.426. The highest BCUT2D eigenvalue weighted by Crippen LogP contribution is 1.91. The van der Waals surface area contributed by atoms with Crippen LogP contribution in [0.15, 0.2) is 36.9 Å². The summed E-state index contributed by atoms with van der Waals surface area (Å²) in [6, 6.07) is 3.89.